The summed E-state index contributed by atoms with van der Waals surface area (Å²) in [6, 6.07) is 9.17. The van der Waals surface area contributed by atoms with E-state index in [0.717, 1.165) is 5.56 Å². The number of piperazine rings is 1. The highest BCUT2D eigenvalue weighted by molar-refractivity contribution is 7.89. The average Bonchev–Trinajstić information content (AvgIpc) is 3.31. The topological polar surface area (TPSA) is 137 Å². The number of sulfonamides is 1. The highest BCUT2D eigenvalue weighted by Crippen LogP contribution is 2.23. The van der Waals surface area contributed by atoms with E-state index in [2.05, 4.69) is 16.0 Å². The van der Waals surface area contributed by atoms with E-state index in [1.165, 1.54) is 23.4 Å². The number of hydrogen-bond acceptors (Lipinski definition) is 7. The van der Waals surface area contributed by atoms with Crippen molar-refractivity contribution < 1.29 is 32.2 Å². The molecule has 12 heteroatoms. The van der Waals surface area contributed by atoms with E-state index in [1.807, 2.05) is 13.0 Å². The van der Waals surface area contributed by atoms with Crippen molar-refractivity contribution in [1.82, 2.24) is 20.3 Å². The van der Waals surface area contributed by atoms with E-state index >= 15 is 0 Å². The van der Waals surface area contributed by atoms with Gasteiger partial charge < -0.3 is 25.8 Å². The summed E-state index contributed by atoms with van der Waals surface area (Å²) in [4.78, 5) is 23.6. The van der Waals surface area contributed by atoms with Gasteiger partial charge in [-0.05, 0) is 55.2 Å². The van der Waals surface area contributed by atoms with E-state index in [0.29, 0.717) is 24.9 Å². The van der Waals surface area contributed by atoms with Crippen LogP contribution < -0.4 is 20.7 Å². The fourth-order valence-electron chi connectivity index (χ4n) is 5.00. The molecule has 0 saturated carbocycles. The monoisotopic (exact) mass is 562 g/mol. The highest BCUT2D eigenvalue weighted by atomic mass is 32.2. The predicted octanol–water partition coefficient (Wildman–Crippen LogP) is 0.862. The summed E-state index contributed by atoms with van der Waals surface area (Å²) in [5, 5.41) is 20.0. The summed E-state index contributed by atoms with van der Waals surface area (Å²) in [7, 11) is -3.78. The van der Waals surface area contributed by atoms with Gasteiger partial charge in [0.25, 0.3) is 0 Å². The quantitative estimate of drug-likeness (QED) is 0.337. The van der Waals surface area contributed by atoms with Crippen molar-refractivity contribution in [2.45, 2.75) is 62.2 Å². The van der Waals surface area contributed by atoms with Gasteiger partial charge >= 0.3 is 0 Å². The maximum absolute atomic E-state index is 14.4. The molecule has 10 nitrogen and oxygen atoms in total. The number of aliphatic hydroxyl groups is 1. The number of hydrogen-bond donors (Lipinski definition) is 4. The van der Waals surface area contributed by atoms with Gasteiger partial charge in [-0.1, -0.05) is 12.1 Å². The molecular weight excluding hydrogens is 527 g/mol. The van der Waals surface area contributed by atoms with E-state index in [4.69, 9.17) is 4.74 Å². The van der Waals surface area contributed by atoms with E-state index in [9.17, 15) is 27.5 Å². The molecule has 0 unspecified atom stereocenters. The Bertz CT molecular complexity index is 1310. The molecule has 0 aliphatic carbocycles. The maximum Gasteiger partial charge on any atom is 0.243 e. The lowest BCUT2D eigenvalue weighted by Crippen LogP contribution is -2.61. The van der Waals surface area contributed by atoms with Crippen LogP contribution in [0.15, 0.2) is 47.4 Å². The number of nitrogens with zero attached hydrogens (tertiary/aromatic N) is 1. The summed E-state index contributed by atoms with van der Waals surface area (Å²) < 4.78 is 48.0. The van der Waals surface area contributed by atoms with Crippen LogP contribution in [0.2, 0.25) is 0 Å². The third-order valence-corrected chi connectivity index (χ3v) is 8.79. The normalized spacial score (nSPS) is 21.7. The molecule has 2 aromatic rings. The number of aliphatic hydroxyl groups excluding tert-OH is 1. The van der Waals surface area contributed by atoms with Crippen molar-refractivity contribution in [3.8, 4) is 5.75 Å². The average molecular weight is 563 g/mol. The van der Waals surface area contributed by atoms with Crippen LogP contribution in [0.5, 0.6) is 5.75 Å². The zero-order chi connectivity index (χ0) is 28.2. The molecule has 2 aromatic carbocycles. The van der Waals surface area contributed by atoms with Gasteiger partial charge in [-0.3, -0.25) is 9.59 Å². The van der Waals surface area contributed by atoms with Gasteiger partial charge in [-0.15, -0.1) is 0 Å². The number of carbonyl (C=O) groups is 2. The van der Waals surface area contributed by atoms with Crippen molar-refractivity contribution in [3.63, 3.8) is 0 Å². The van der Waals surface area contributed by atoms with Gasteiger partial charge in [-0.2, -0.15) is 4.31 Å². The fraction of sp³-hybridized carbons (Fsp3) is 0.481. The van der Waals surface area contributed by atoms with Crippen LogP contribution in [0.1, 0.15) is 30.9 Å². The molecule has 0 spiro atoms. The first-order valence-electron chi connectivity index (χ1n) is 13.0. The van der Waals surface area contributed by atoms with Crippen LogP contribution in [0.25, 0.3) is 0 Å². The Morgan fingerprint density at radius 2 is 2.08 bits per heavy atom. The number of halogens is 1. The Labute approximate surface area is 228 Å². The Kier molecular flexibility index (Phi) is 9.21. The second-order valence-corrected chi connectivity index (χ2v) is 12.1. The molecule has 39 heavy (non-hydrogen) atoms. The van der Waals surface area contributed by atoms with Crippen molar-refractivity contribution >= 4 is 21.8 Å². The van der Waals surface area contributed by atoms with Crippen LogP contribution in [-0.2, 0) is 26.0 Å². The van der Waals surface area contributed by atoms with Gasteiger partial charge in [-0.25, -0.2) is 12.8 Å². The second-order valence-electron chi connectivity index (χ2n) is 10.2. The standard InChI is InChI=1S/C27H35FN4O6S/c1-17-4-3-5-23(10-17)39(36,37)32-9-8-29-25(15-32)27(35)24(30-18(2)33)13-19-11-20(28)14-22(12-19)38-16-21-6-7-26(34)31-21/h3-5,10-12,14,21,24-25,27,29,35H,6-9,13,15-16H2,1-2H3,(H,30,33)(H,31,34)/t21-,24+,25-,27+/m1/s1. The van der Waals surface area contributed by atoms with Crippen molar-refractivity contribution in [2.24, 2.45) is 0 Å². The third-order valence-electron chi connectivity index (χ3n) is 6.93. The molecule has 0 radical (unpaired) electrons. The lowest BCUT2D eigenvalue weighted by Gasteiger charge is -2.38. The van der Waals surface area contributed by atoms with Crippen LogP contribution in [-0.4, -0.2) is 80.1 Å². The van der Waals surface area contributed by atoms with Crippen molar-refractivity contribution in [1.29, 1.82) is 0 Å². The first kappa shape index (κ1) is 28.9. The molecule has 2 aliphatic rings. The number of aryl methyl sites for hydroxylation is 1. The van der Waals surface area contributed by atoms with Gasteiger partial charge in [0.15, 0.2) is 0 Å². The summed E-state index contributed by atoms with van der Waals surface area (Å²) in [6.07, 6.45) is -0.0242. The Morgan fingerprint density at radius 3 is 2.77 bits per heavy atom. The van der Waals surface area contributed by atoms with Gasteiger partial charge in [0.05, 0.1) is 23.1 Å². The number of benzene rings is 2. The smallest absolute Gasteiger partial charge is 0.243 e. The van der Waals surface area contributed by atoms with Crippen molar-refractivity contribution in [2.75, 3.05) is 26.2 Å². The molecule has 2 aliphatic heterocycles. The Hall–Kier alpha value is -3.06. The van der Waals surface area contributed by atoms with E-state index in [-0.39, 0.29) is 54.6 Å². The molecular formula is C27H35FN4O6S. The number of nitrogens with one attached hydrogen (secondary N) is 3. The van der Waals surface area contributed by atoms with Gasteiger partial charge in [0.2, 0.25) is 21.8 Å². The summed E-state index contributed by atoms with van der Waals surface area (Å²) in [6.45, 7) is 3.88. The molecule has 2 fully saturated rings. The molecule has 4 atom stereocenters. The number of ether oxygens (including phenoxy) is 1. The lowest BCUT2D eigenvalue weighted by molar-refractivity contribution is -0.121. The Morgan fingerprint density at radius 1 is 1.28 bits per heavy atom. The molecule has 0 aromatic heterocycles. The van der Waals surface area contributed by atoms with Gasteiger partial charge in [0.1, 0.15) is 18.2 Å². The lowest BCUT2D eigenvalue weighted by atomic mass is 9.95. The molecule has 2 saturated heterocycles. The number of amides is 2. The number of rotatable bonds is 10. The first-order valence-corrected chi connectivity index (χ1v) is 14.4. The molecule has 4 N–H and O–H groups in total. The molecule has 2 heterocycles. The fourth-order valence-corrected chi connectivity index (χ4v) is 6.57. The van der Waals surface area contributed by atoms with Gasteiger partial charge in [0, 0.05) is 45.1 Å². The molecule has 2 amide bonds. The highest BCUT2D eigenvalue weighted by Gasteiger charge is 2.36. The number of carbonyl (C=O) groups excluding carboxylic acids is 2. The first-order chi connectivity index (χ1) is 18.5. The van der Waals surface area contributed by atoms with Crippen molar-refractivity contribution in [3.05, 3.63) is 59.4 Å². The SMILES string of the molecule is CC(=O)N[C@@H](Cc1cc(F)cc(OC[C@H]2CCC(=O)N2)c1)[C@H](O)[C@H]1CN(S(=O)(=O)c2cccc(C)c2)CCN1. The van der Waals surface area contributed by atoms with Crippen LogP contribution in [0, 0.1) is 12.7 Å². The largest absolute Gasteiger partial charge is 0.491 e. The minimum atomic E-state index is -3.78. The van der Waals surface area contributed by atoms with Crippen LogP contribution in [0.4, 0.5) is 4.39 Å². The second kappa shape index (κ2) is 12.4. The summed E-state index contributed by atoms with van der Waals surface area (Å²) >= 11 is 0. The van der Waals surface area contributed by atoms with Crippen LogP contribution >= 0.6 is 0 Å². The Balaban J connectivity index is 1.47. The molecule has 0 bridgehead atoms. The molecule has 4 rings (SSSR count). The minimum absolute atomic E-state index is 0.00184. The minimum Gasteiger partial charge on any atom is -0.491 e. The zero-order valence-corrected chi connectivity index (χ0v) is 22.8. The predicted molar refractivity (Wildman–Crippen MR) is 142 cm³/mol. The van der Waals surface area contributed by atoms with E-state index < -0.39 is 34.0 Å². The summed E-state index contributed by atoms with van der Waals surface area (Å²) in [5.74, 6) is -0.699. The molecule has 212 valence electrons. The van der Waals surface area contributed by atoms with E-state index in [1.54, 1.807) is 24.3 Å². The summed E-state index contributed by atoms with van der Waals surface area (Å²) in [5.41, 5.74) is 1.30. The van der Waals surface area contributed by atoms with Crippen LogP contribution in [0.3, 0.4) is 0 Å². The maximum atomic E-state index is 14.4. The zero-order valence-electron chi connectivity index (χ0n) is 22.0. The third kappa shape index (κ3) is 7.53.